The normalized spacial score (nSPS) is 16.5. The highest BCUT2D eigenvalue weighted by Crippen LogP contribution is 2.51. The van der Waals surface area contributed by atoms with E-state index in [-0.39, 0.29) is 5.92 Å². The Hall–Kier alpha value is -3.19. The third-order valence-electron chi connectivity index (χ3n) is 5.75. The van der Waals surface area contributed by atoms with Crippen LogP contribution in [0.25, 0.3) is 21.9 Å². The van der Waals surface area contributed by atoms with Crippen molar-refractivity contribution in [1.29, 1.82) is 0 Å². The number of aryl methyl sites for hydroxylation is 1. The van der Waals surface area contributed by atoms with Crippen LogP contribution in [0, 0.1) is 6.92 Å². The van der Waals surface area contributed by atoms with Gasteiger partial charge in [0.2, 0.25) is 0 Å². The molecular weight excluding hydrogens is 314 g/mol. The molecule has 0 fully saturated rings. The van der Waals surface area contributed by atoms with Crippen LogP contribution in [0.4, 0.5) is 5.69 Å². The van der Waals surface area contributed by atoms with Crippen molar-refractivity contribution in [2.45, 2.75) is 12.8 Å². The molecule has 1 atom stereocenters. The molecule has 0 amide bonds. The van der Waals surface area contributed by atoms with Crippen LogP contribution in [0.5, 0.6) is 0 Å². The zero-order chi connectivity index (χ0) is 17.3. The molecule has 0 N–H and O–H groups in total. The first-order valence-corrected chi connectivity index (χ1v) is 9.12. The van der Waals surface area contributed by atoms with Crippen molar-refractivity contribution >= 4 is 22.2 Å². The molecule has 1 aliphatic carbocycles. The van der Waals surface area contributed by atoms with E-state index >= 15 is 0 Å². The van der Waals surface area contributed by atoms with Crippen molar-refractivity contribution in [3.05, 3.63) is 101 Å². The fourth-order valence-corrected chi connectivity index (χ4v) is 4.63. The SMILES string of the molecule is Cc1ccc2c(c1)C1C(=Nc3ccccc31)c1ccc3ccccc3c1-2. The van der Waals surface area contributed by atoms with Crippen molar-refractivity contribution < 1.29 is 0 Å². The molecule has 0 spiro atoms. The van der Waals surface area contributed by atoms with E-state index in [9.17, 15) is 0 Å². The van der Waals surface area contributed by atoms with Gasteiger partial charge >= 0.3 is 0 Å². The number of hydrogen-bond donors (Lipinski definition) is 0. The summed E-state index contributed by atoms with van der Waals surface area (Å²) < 4.78 is 0. The highest BCUT2D eigenvalue weighted by atomic mass is 14.8. The second-order valence-electron chi connectivity index (χ2n) is 7.29. The number of rotatable bonds is 0. The van der Waals surface area contributed by atoms with Gasteiger partial charge < -0.3 is 0 Å². The fourth-order valence-electron chi connectivity index (χ4n) is 4.63. The summed E-state index contributed by atoms with van der Waals surface area (Å²) in [6.07, 6.45) is 0. The molecule has 1 nitrogen and oxygen atoms in total. The fraction of sp³-hybridized carbons (Fsp3) is 0.0800. The Morgan fingerprint density at radius 3 is 2.50 bits per heavy atom. The lowest BCUT2D eigenvalue weighted by atomic mass is 9.73. The second kappa shape index (κ2) is 4.92. The lowest BCUT2D eigenvalue weighted by Crippen LogP contribution is -2.19. The molecule has 4 aromatic rings. The van der Waals surface area contributed by atoms with Gasteiger partial charge in [0, 0.05) is 5.56 Å². The summed E-state index contributed by atoms with van der Waals surface area (Å²) in [6, 6.07) is 28.6. The number of hydrogen-bond acceptors (Lipinski definition) is 1. The Balaban J connectivity index is 1.79. The van der Waals surface area contributed by atoms with E-state index < -0.39 is 0 Å². The Morgan fingerprint density at radius 2 is 1.54 bits per heavy atom. The molecule has 0 saturated carbocycles. The Labute approximate surface area is 152 Å². The van der Waals surface area contributed by atoms with Gasteiger partial charge in [0.1, 0.15) is 0 Å². The Morgan fingerprint density at radius 1 is 0.731 bits per heavy atom. The predicted molar refractivity (Wildman–Crippen MR) is 109 cm³/mol. The van der Waals surface area contributed by atoms with E-state index in [0.29, 0.717) is 0 Å². The average Bonchev–Trinajstić information content (AvgIpc) is 3.07. The summed E-state index contributed by atoms with van der Waals surface area (Å²) in [5.74, 6) is 0.245. The number of fused-ring (bicyclic) bond motifs is 10. The minimum Gasteiger partial charge on any atom is -0.251 e. The number of benzene rings is 4. The smallest absolute Gasteiger partial charge is 0.0675 e. The quantitative estimate of drug-likeness (QED) is 0.354. The van der Waals surface area contributed by atoms with Gasteiger partial charge in [-0.05, 0) is 46.0 Å². The summed E-state index contributed by atoms with van der Waals surface area (Å²) in [5, 5.41) is 2.60. The van der Waals surface area contributed by atoms with Gasteiger partial charge in [-0.2, -0.15) is 0 Å². The molecule has 0 radical (unpaired) electrons. The van der Waals surface area contributed by atoms with Gasteiger partial charge in [-0.3, -0.25) is 4.99 Å². The molecule has 26 heavy (non-hydrogen) atoms. The summed E-state index contributed by atoms with van der Waals surface area (Å²) in [4.78, 5) is 5.07. The highest BCUT2D eigenvalue weighted by molar-refractivity contribution is 6.22. The van der Waals surface area contributed by atoms with Gasteiger partial charge in [-0.25, -0.2) is 0 Å². The third-order valence-corrected chi connectivity index (χ3v) is 5.75. The minimum absolute atomic E-state index is 0.245. The first-order valence-electron chi connectivity index (χ1n) is 9.12. The van der Waals surface area contributed by atoms with Crippen molar-refractivity contribution in [1.82, 2.24) is 0 Å². The Kier molecular flexibility index (Phi) is 2.66. The average molecular weight is 331 g/mol. The number of aliphatic imine (C=N–C) groups is 1. The van der Waals surface area contributed by atoms with E-state index in [1.807, 2.05) is 0 Å². The lowest BCUT2D eigenvalue weighted by molar-refractivity contribution is 1.10. The Bertz CT molecular complexity index is 1250. The van der Waals surface area contributed by atoms with E-state index in [0.717, 1.165) is 5.69 Å². The molecule has 122 valence electrons. The van der Waals surface area contributed by atoms with Crippen LogP contribution >= 0.6 is 0 Å². The lowest BCUT2D eigenvalue weighted by Gasteiger charge is -2.28. The molecule has 1 aliphatic heterocycles. The first-order chi connectivity index (χ1) is 12.8. The maximum atomic E-state index is 5.07. The van der Waals surface area contributed by atoms with Crippen LogP contribution in [0.3, 0.4) is 0 Å². The molecule has 0 bridgehead atoms. The molecular formula is C25H17N. The van der Waals surface area contributed by atoms with Gasteiger partial charge in [0.05, 0.1) is 17.3 Å². The molecule has 1 heterocycles. The highest BCUT2D eigenvalue weighted by Gasteiger charge is 2.36. The number of para-hydroxylation sites is 1. The molecule has 6 rings (SSSR count). The topological polar surface area (TPSA) is 12.4 Å². The van der Waals surface area contributed by atoms with Crippen LogP contribution in [-0.2, 0) is 0 Å². The molecule has 4 aromatic carbocycles. The second-order valence-corrected chi connectivity index (χ2v) is 7.29. The first kappa shape index (κ1) is 14.0. The predicted octanol–water partition coefficient (Wildman–Crippen LogP) is 6.39. The van der Waals surface area contributed by atoms with E-state index in [1.54, 1.807) is 0 Å². The maximum Gasteiger partial charge on any atom is 0.0675 e. The summed E-state index contributed by atoms with van der Waals surface area (Å²) in [6.45, 7) is 2.18. The standard InChI is InChI=1S/C25H17N/c1-15-10-12-18-21(14-15)24-19-8-4-5-9-22(19)26-25(24)20-13-11-16-6-2-3-7-17(16)23(18)20/h2-14,24H,1H3. The van der Waals surface area contributed by atoms with Crippen molar-refractivity contribution in [3.63, 3.8) is 0 Å². The van der Waals surface area contributed by atoms with E-state index in [4.69, 9.17) is 4.99 Å². The largest absolute Gasteiger partial charge is 0.251 e. The summed E-state index contributed by atoms with van der Waals surface area (Å²) in [5.41, 5.74) is 10.3. The van der Waals surface area contributed by atoms with Crippen LogP contribution in [0.15, 0.2) is 83.9 Å². The monoisotopic (exact) mass is 331 g/mol. The van der Waals surface area contributed by atoms with Crippen LogP contribution in [-0.4, -0.2) is 5.71 Å². The molecule has 1 unspecified atom stereocenters. The summed E-state index contributed by atoms with van der Waals surface area (Å²) in [7, 11) is 0. The zero-order valence-electron chi connectivity index (χ0n) is 14.5. The molecule has 0 saturated heterocycles. The minimum atomic E-state index is 0.245. The van der Waals surface area contributed by atoms with Crippen molar-refractivity contribution in [3.8, 4) is 11.1 Å². The van der Waals surface area contributed by atoms with Crippen LogP contribution in [0.1, 0.15) is 28.2 Å². The van der Waals surface area contributed by atoms with Gasteiger partial charge in [0.15, 0.2) is 0 Å². The van der Waals surface area contributed by atoms with E-state index in [1.165, 1.54) is 49.9 Å². The van der Waals surface area contributed by atoms with E-state index in [2.05, 4.69) is 85.8 Å². The third kappa shape index (κ3) is 1.72. The van der Waals surface area contributed by atoms with Crippen molar-refractivity contribution in [2.24, 2.45) is 4.99 Å². The molecule has 1 heteroatoms. The summed E-state index contributed by atoms with van der Waals surface area (Å²) >= 11 is 0. The van der Waals surface area contributed by atoms with Gasteiger partial charge in [-0.15, -0.1) is 0 Å². The van der Waals surface area contributed by atoms with Gasteiger partial charge in [0.25, 0.3) is 0 Å². The molecule has 0 aromatic heterocycles. The van der Waals surface area contributed by atoms with Crippen LogP contribution in [0.2, 0.25) is 0 Å². The maximum absolute atomic E-state index is 5.07. The molecule has 2 aliphatic rings. The van der Waals surface area contributed by atoms with Crippen molar-refractivity contribution in [2.75, 3.05) is 0 Å². The number of nitrogens with zero attached hydrogens (tertiary/aromatic N) is 1. The zero-order valence-corrected chi connectivity index (χ0v) is 14.5. The van der Waals surface area contributed by atoms with Crippen LogP contribution < -0.4 is 0 Å². The van der Waals surface area contributed by atoms with Gasteiger partial charge in [-0.1, -0.05) is 78.4 Å².